The molecule has 3 rings (SSSR count). The number of hydrogen-bond donors (Lipinski definition) is 1. The maximum Gasteiger partial charge on any atom is 0.291 e. The summed E-state index contributed by atoms with van der Waals surface area (Å²) in [6, 6.07) is 5.61. The van der Waals surface area contributed by atoms with Crippen molar-refractivity contribution in [2.75, 3.05) is 49.5 Å². The van der Waals surface area contributed by atoms with Crippen molar-refractivity contribution in [3.05, 3.63) is 49.8 Å². The van der Waals surface area contributed by atoms with Crippen LogP contribution in [0.2, 0.25) is 15.1 Å². The Morgan fingerprint density at radius 2 is 1.73 bits per heavy atom. The highest BCUT2D eigenvalue weighted by Crippen LogP contribution is 2.26. The standard InChI is InChI=1S/C17H20Cl3N5O/c1-23-17(26)16(15(20)11-22-23)21-2-3-24-4-6-25(7-5-24)14-9-12(18)8-13(19)10-14/h8-11,21H,2-7H2,1H3. The zero-order chi connectivity index (χ0) is 18.7. The Morgan fingerprint density at radius 3 is 2.38 bits per heavy atom. The van der Waals surface area contributed by atoms with Crippen molar-refractivity contribution in [2.45, 2.75) is 0 Å². The molecule has 0 amide bonds. The smallest absolute Gasteiger partial charge is 0.291 e. The van der Waals surface area contributed by atoms with Crippen molar-refractivity contribution in [3.8, 4) is 0 Å². The van der Waals surface area contributed by atoms with Gasteiger partial charge < -0.3 is 10.2 Å². The maximum atomic E-state index is 12.0. The number of nitrogens with zero attached hydrogens (tertiary/aromatic N) is 4. The average Bonchev–Trinajstić information content (AvgIpc) is 2.61. The molecule has 0 unspecified atom stereocenters. The zero-order valence-electron chi connectivity index (χ0n) is 14.4. The minimum atomic E-state index is -0.222. The molecule has 140 valence electrons. The van der Waals surface area contributed by atoms with E-state index in [1.54, 1.807) is 13.1 Å². The van der Waals surface area contributed by atoms with Crippen LogP contribution in [0.5, 0.6) is 0 Å². The number of aryl methyl sites for hydroxylation is 1. The quantitative estimate of drug-likeness (QED) is 0.812. The van der Waals surface area contributed by atoms with E-state index in [-0.39, 0.29) is 5.56 Å². The lowest BCUT2D eigenvalue weighted by atomic mass is 10.2. The van der Waals surface area contributed by atoms with Crippen molar-refractivity contribution in [1.29, 1.82) is 0 Å². The maximum absolute atomic E-state index is 12.0. The summed E-state index contributed by atoms with van der Waals surface area (Å²) in [4.78, 5) is 16.7. The van der Waals surface area contributed by atoms with E-state index in [1.165, 1.54) is 10.9 Å². The van der Waals surface area contributed by atoms with Gasteiger partial charge in [-0.05, 0) is 18.2 Å². The molecule has 1 N–H and O–H groups in total. The van der Waals surface area contributed by atoms with Gasteiger partial charge in [0.15, 0.2) is 0 Å². The van der Waals surface area contributed by atoms with E-state index in [4.69, 9.17) is 34.8 Å². The lowest BCUT2D eigenvalue weighted by molar-refractivity contribution is 0.267. The third-order valence-electron chi connectivity index (χ3n) is 4.41. The van der Waals surface area contributed by atoms with Gasteiger partial charge in [0.1, 0.15) is 5.69 Å². The van der Waals surface area contributed by atoms with Gasteiger partial charge in [-0.1, -0.05) is 34.8 Å². The van der Waals surface area contributed by atoms with Gasteiger partial charge in [0.05, 0.1) is 11.2 Å². The summed E-state index contributed by atoms with van der Waals surface area (Å²) in [7, 11) is 1.60. The van der Waals surface area contributed by atoms with E-state index in [0.717, 1.165) is 38.4 Å². The van der Waals surface area contributed by atoms with Crippen molar-refractivity contribution in [2.24, 2.45) is 7.05 Å². The number of rotatable bonds is 5. The molecule has 1 aliphatic heterocycles. The Hall–Kier alpha value is -1.47. The van der Waals surface area contributed by atoms with Crippen LogP contribution < -0.4 is 15.8 Å². The molecule has 0 spiro atoms. The fourth-order valence-electron chi connectivity index (χ4n) is 2.97. The van der Waals surface area contributed by atoms with E-state index >= 15 is 0 Å². The molecule has 9 heteroatoms. The molecule has 26 heavy (non-hydrogen) atoms. The first-order valence-corrected chi connectivity index (χ1v) is 9.46. The second-order valence-electron chi connectivity index (χ2n) is 6.18. The van der Waals surface area contributed by atoms with Crippen LogP contribution in [0.25, 0.3) is 0 Å². The molecule has 0 radical (unpaired) electrons. The summed E-state index contributed by atoms with van der Waals surface area (Å²) in [6.07, 6.45) is 1.47. The average molecular weight is 417 g/mol. The molecule has 1 saturated heterocycles. The lowest BCUT2D eigenvalue weighted by Gasteiger charge is -2.36. The Labute approximate surface area is 167 Å². The molecule has 1 aliphatic rings. The molecular formula is C17H20Cl3N5O. The number of piperazine rings is 1. The third-order valence-corrected chi connectivity index (χ3v) is 5.13. The second-order valence-corrected chi connectivity index (χ2v) is 7.46. The molecule has 0 saturated carbocycles. The Bertz CT molecular complexity index is 813. The number of nitrogens with one attached hydrogen (secondary N) is 1. The van der Waals surface area contributed by atoms with E-state index in [1.807, 2.05) is 12.1 Å². The van der Waals surface area contributed by atoms with Gasteiger partial charge >= 0.3 is 0 Å². The largest absolute Gasteiger partial charge is 0.378 e. The van der Waals surface area contributed by atoms with Gasteiger partial charge in [-0.2, -0.15) is 5.10 Å². The number of aromatic nitrogens is 2. The van der Waals surface area contributed by atoms with Crippen LogP contribution in [0, 0.1) is 0 Å². The third kappa shape index (κ3) is 4.62. The molecule has 0 atom stereocenters. The summed E-state index contributed by atoms with van der Waals surface area (Å²) in [6.45, 7) is 5.11. The van der Waals surface area contributed by atoms with Gasteiger partial charge in [-0.3, -0.25) is 9.69 Å². The zero-order valence-corrected chi connectivity index (χ0v) is 16.7. The molecule has 6 nitrogen and oxygen atoms in total. The fraction of sp³-hybridized carbons (Fsp3) is 0.412. The minimum Gasteiger partial charge on any atom is -0.378 e. The van der Waals surface area contributed by atoms with Gasteiger partial charge in [0, 0.05) is 62.0 Å². The molecular weight excluding hydrogens is 397 g/mol. The van der Waals surface area contributed by atoms with Gasteiger partial charge in [0.2, 0.25) is 0 Å². The number of hydrogen-bond acceptors (Lipinski definition) is 5. The Morgan fingerprint density at radius 1 is 1.08 bits per heavy atom. The predicted molar refractivity (Wildman–Crippen MR) is 108 cm³/mol. The summed E-state index contributed by atoms with van der Waals surface area (Å²) < 4.78 is 1.27. The van der Waals surface area contributed by atoms with Gasteiger partial charge in [-0.25, -0.2) is 4.68 Å². The van der Waals surface area contributed by atoms with E-state index in [0.29, 0.717) is 27.3 Å². The van der Waals surface area contributed by atoms with Crippen LogP contribution in [0.1, 0.15) is 0 Å². The van der Waals surface area contributed by atoms with Crippen LogP contribution in [0.15, 0.2) is 29.2 Å². The summed E-state index contributed by atoms with van der Waals surface area (Å²) >= 11 is 18.2. The lowest BCUT2D eigenvalue weighted by Crippen LogP contribution is -2.47. The minimum absolute atomic E-state index is 0.222. The van der Waals surface area contributed by atoms with Crippen molar-refractivity contribution < 1.29 is 0 Å². The van der Waals surface area contributed by atoms with Crippen LogP contribution in [-0.2, 0) is 7.05 Å². The van der Waals surface area contributed by atoms with Crippen LogP contribution >= 0.6 is 34.8 Å². The van der Waals surface area contributed by atoms with Crippen molar-refractivity contribution >= 4 is 46.2 Å². The first-order chi connectivity index (χ1) is 12.4. The van der Waals surface area contributed by atoms with E-state index in [9.17, 15) is 4.79 Å². The van der Waals surface area contributed by atoms with E-state index < -0.39 is 0 Å². The van der Waals surface area contributed by atoms with Gasteiger partial charge in [-0.15, -0.1) is 0 Å². The first kappa shape index (κ1) is 19.3. The predicted octanol–water partition coefficient (Wildman–Crippen LogP) is 2.97. The van der Waals surface area contributed by atoms with Crippen LogP contribution in [0.3, 0.4) is 0 Å². The highest BCUT2D eigenvalue weighted by Gasteiger charge is 2.18. The van der Waals surface area contributed by atoms with Gasteiger partial charge in [0.25, 0.3) is 5.56 Å². The monoisotopic (exact) mass is 415 g/mol. The van der Waals surface area contributed by atoms with Crippen LogP contribution in [0.4, 0.5) is 11.4 Å². The summed E-state index contributed by atoms with van der Waals surface area (Å²) in [5, 5.41) is 8.65. The first-order valence-electron chi connectivity index (χ1n) is 8.33. The highest BCUT2D eigenvalue weighted by atomic mass is 35.5. The topological polar surface area (TPSA) is 53.4 Å². The number of benzene rings is 1. The normalized spacial score (nSPS) is 15.3. The van der Waals surface area contributed by atoms with Crippen molar-refractivity contribution in [3.63, 3.8) is 0 Å². The van der Waals surface area contributed by atoms with Crippen LogP contribution in [-0.4, -0.2) is 53.9 Å². The molecule has 1 aromatic carbocycles. The summed E-state index contributed by atoms with van der Waals surface area (Å²) in [5.41, 5.74) is 1.23. The molecule has 1 fully saturated rings. The summed E-state index contributed by atoms with van der Waals surface area (Å²) in [5.74, 6) is 0. The molecule has 2 aromatic rings. The van der Waals surface area contributed by atoms with E-state index in [2.05, 4.69) is 20.2 Å². The Balaban J connectivity index is 1.50. The molecule has 0 bridgehead atoms. The second kappa shape index (κ2) is 8.48. The highest BCUT2D eigenvalue weighted by molar-refractivity contribution is 6.35. The fourth-order valence-corrected chi connectivity index (χ4v) is 3.67. The number of halogens is 3. The molecule has 2 heterocycles. The number of anilines is 2. The molecule has 0 aliphatic carbocycles. The SMILES string of the molecule is Cn1ncc(Cl)c(NCCN2CCN(c3cc(Cl)cc(Cl)c3)CC2)c1=O. The molecule has 1 aromatic heterocycles. The Kier molecular flexibility index (Phi) is 6.29. The van der Waals surface area contributed by atoms with Crippen molar-refractivity contribution in [1.82, 2.24) is 14.7 Å².